The van der Waals surface area contributed by atoms with Gasteiger partial charge >= 0.3 is 0 Å². The van der Waals surface area contributed by atoms with Crippen LogP contribution >= 0.6 is 0 Å². The number of furan rings is 1. The SMILES string of the molecule is CC(C)CN(CC(=O)N(Cc1ccccc1)Cc1ccco1)C(=O)CCC1CCCC1. The second kappa shape index (κ2) is 11.7. The second-order valence-electron chi connectivity index (χ2n) is 9.17. The fraction of sp³-hybridized carbons (Fsp3) is 0.538. The molecule has 1 aromatic heterocycles. The Bertz CT molecular complexity index is 795. The molecule has 0 bridgehead atoms. The molecule has 5 nitrogen and oxygen atoms in total. The molecule has 0 aliphatic heterocycles. The standard InChI is InChI=1S/C26H36N2O3/c1-21(2)17-27(25(29)15-14-22-9-6-7-10-22)20-26(30)28(19-24-13-8-16-31-24)18-23-11-4-3-5-12-23/h3-5,8,11-13,16,21-22H,6-7,9-10,14-15,17-20H2,1-2H3. The van der Waals surface area contributed by atoms with Crippen LogP contribution in [0.1, 0.15) is 63.7 Å². The van der Waals surface area contributed by atoms with E-state index in [1.165, 1.54) is 25.7 Å². The largest absolute Gasteiger partial charge is 0.467 e. The Morgan fingerprint density at radius 1 is 0.968 bits per heavy atom. The first-order chi connectivity index (χ1) is 15.0. The predicted octanol–water partition coefficient (Wildman–Crippen LogP) is 5.26. The maximum Gasteiger partial charge on any atom is 0.242 e. The molecule has 3 rings (SSSR count). The van der Waals surface area contributed by atoms with Gasteiger partial charge in [0.2, 0.25) is 11.8 Å². The number of nitrogens with zero attached hydrogens (tertiary/aromatic N) is 2. The summed E-state index contributed by atoms with van der Waals surface area (Å²) in [6.07, 6.45) is 8.17. The number of carbonyl (C=O) groups is 2. The molecule has 0 spiro atoms. The molecular weight excluding hydrogens is 388 g/mol. The molecule has 2 aromatic rings. The highest BCUT2D eigenvalue weighted by molar-refractivity contribution is 5.84. The van der Waals surface area contributed by atoms with Crippen LogP contribution in [-0.2, 0) is 22.7 Å². The minimum atomic E-state index is -0.0462. The highest BCUT2D eigenvalue weighted by Crippen LogP contribution is 2.28. The molecule has 5 heteroatoms. The molecule has 0 atom stereocenters. The van der Waals surface area contributed by atoms with Crippen LogP contribution in [0.2, 0.25) is 0 Å². The van der Waals surface area contributed by atoms with Gasteiger partial charge in [0.05, 0.1) is 19.4 Å². The second-order valence-corrected chi connectivity index (χ2v) is 9.17. The minimum absolute atomic E-state index is 0.0462. The first-order valence-electron chi connectivity index (χ1n) is 11.6. The summed E-state index contributed by atoms with van der Waals surface area (Å²) >= 11 is 0. The van der Waals surface area contributed by atoms with E-state index < -0.39 is 0 Å². The molecule has 2 amide bonds. The summed E-state index contributed by atoms with van der Waals surface area (Å²) in [5, 5.41) is 0. The number of hydrogen-bond acceptors (Lipinski definition) is 3. The van der Waals surface area contributed by atoms with Crippen LogP contribution in [-0.4, -0.2) is 34.7 Å². The maximum absolute atomic E-state index is 13.3. The van der Waals surface area contributed by atoms with Crippen molar-refractivity contribution in [1.29, 1.82) is 0 Å². The van der Waals surface area contributed by atoms with Crippen molar-refractivity contribution in [3.8, 4) is 0 Å². The van der Waals surface area contributed by atoms with Gasteiger partial charge in [-0.3, -0.25) is 9.59 Å². The van der Waals surface area contributed by atoms with Gasteiger partial charge in [-0.2, -0.15) is 0 Å². The maximum atomic E-state index is 13.3. The zero-order valence-corrected chi connectivity index (χ0v) is 19.0. The normalized spacial score (nSPS) is 14.2. The average Bonchev–Trinajstić information content (AvgIpc) is 3.45. The van der Waals surface area contributed by atoms with Crippen molar-refractivity contribution in [2.75, 3.05) is 13.1 Å². The lowest BCUT2D eigenvalue weighted by Crippen LogP contribution is -2.43. The summed E-state index contributed by atoms with van der Waals surface area (Å²) in [7, 11) is 0. The minimum Gasteiger partial charge on any atom is -0.467 e. The Kier molecular flexibility index (Phi) is 8.74. The number of rotatable bonds is 11. The molecular formula is C26H36N2O3. The lowest BCUT2D eigenvalue weighted by molar-refractivity contribution is -0.142. The Labute approximate surface area is 186 Å². The Morgan fingerprint density at radius 2 is 1.71 bits per heavy atom. The lowest BCUT2D eigenvalue weighted by Gasteiger charge is -2.29. The van der Waals surface area contributed by atoms with E-state index >= 15 is 0 Å². The van der Waals surface area contributed by atoms with Crippen LogP contribution in [0, 0.1) is 11.8 Å². The van der Waals surface area contributed by atoms with Crippen LogP contribution in [0.3, 0.4) is 0 Å². The van der Waals surface area contributed by atoms with Crippen molar-refractivity contribution >= 4 is 11.8 Å². The van der Waals surface area contributed by atoms with E-state index in [1.54, 1.807) is 16.1 Å². The third-order valence-corrected chi connectivity index (χ3v) is 6.00. The monoisotopic (exact) mass is 424 g/mol. The Balaban J connectivity index is 1.66. The van der Waals surface area contributed by atoms with E-state index in [0.29, 0.717) is 37.9 Å². The molecule has 1 aliphatic rings. The van der Waals surface area contributed by atoms with E-state index in [2.05, 4.69) is 13.8 Å². The van der Waals surface area contributed by atoms with Gasteiger partial charge in [-0.05, 0) is 36.0 Å². The van der Waals surface area contributed by atoms with Crippen LogP contribution in [0.5, 0.6) is 0 Å². The quantitative estimate of drug-likeness (QED) is 0.494. The Hall–Kier alpha value is -2.56. The van der Waals surface area contributed by atoms with E-state index in [0.717, 1.165) is 17.7 Å². The van der Waals surface area contributed by atoms with Crippen molar-refractivity contribution < 1.29 is 14.0 Å². The highest BCUT2D eigenvalue weighted by Gasteiger charge is 2.24. The van der Waals surface area contributed by atoms with E-state index in [-0.39, 0.29) is 18.4 Å². The van der Waals surface area contributed by atoms with Crippen molar-refractivity contribution in [3.05, 3.63) is 60.1 Å². The number of benzene rings is 1. The third-order valence-electron chi connectivity index (χ3n) is 6.00. The van der Waals surface area contributed by atoms with Crippen molar-refractivity contribution in [3.63, 3.8) is 0 Å². The zero-order valence-electron chi connectivity index (χ0n) is 19.0. The molecule has 0 radical (unpaired) electrons. The summed E-state index contributed by atoms with van der Waals surface area (Å²) < 4.78 is 5.49. The van der Waals surface area contributed by atoms with Gasteiger partial charge in [-0.25, -0.2) is 0 Å². The van der Waals surface area contributed by atoms with E-state index in [4.69, 9.17) is 4.42 Å². The van der Waals surface area contributed by atoms with Gasteiger partial charge in [0.25, 0.3) is 0 Å². The zero-order chi connectivity index (χ0) is 22.1. The van der Waals surface area contributed by atoms with Gasteiger partial charge < -0.3 is 14.2 Å². The topological polar surface area (TPSA) is 53.8 Å². The van der Waals surface area contributed by atoms with Crippen molar-refractivity contribution in [2.24, 2.45) is 11.8 Å². The van der Waals surface area contributed by atoms with Crippen molar-refractivity contribution in [1.82, 2.24) is 9.80 Å². The molecule has 168 valence electrons. The molecule has 0 unspecified atom stereocenters. The van der Waals surface area contributed by atoms with Crippen LogP contribution in [0.25, 0.3) is 0 Å². The predicted molar refractivity (Wildman–Crippen MR) is 122 cm³/mol. The van der Waals surface area contributed by atoms with Crippen LogP contribution in [0.15, 0.2) is 53.1 Å². The number of carbonyl (C=O) groups excluding carboxylic acids is 2. The van der Waals surface area contributed by atoms with E-state index in [9.17, 15) is 9.59 Å². The fourth-order valence-electron chi connectivity index (χ4n) is 4.37. The summed E-state index contributed by atoms with van der Waals surface area (Å²) in [5.74, 6) is 1.79. The lowest BCUT2D eigenvalue weighted by atomic mass is 10.0. The van der Waals surface area contributed by atoms with Crippen LogP contribution < -0.4 is 0 Å². The Morgan fingerprint density at radius 3 is 2.35 bits per heavy atom. The fourth-order valence-corrected chi connectivity index (χ4v) is 4.37. The van der Waals surface area contributed by atoms with E-state index in [1.807, 2.05) is 42.5 Å². The van der Waals surface area contributed by atoms with Gasteiger partial charge in [-0.15, -0.1) is 0 Å². The highest BCUT2D eigenvalue weighted by atomic mass is 16.3. The summed E-state index contributed by atoms with van der Waals surface area (Å²) in [6.45, 7) is 5.79. The summed E-state index contributed by atoms with van der Waals surface area (Å²) in [6, 6.07) is 13.7. The molecule has 1 aliphatic carbocycles. The average molecular weight is 425 g/mol. The smallest absolute Gasteiger partial charge is 0.242 e. The molecule has 1 saturated carbocycles. The molecule has 0 saturated heterocycles. The van der Waals surface area contributed by atoms with Gasteiger partial charge in [0.15, 0.2) is 0 Å². The number of hydrogen-bond donors (Lipinski definition) is 0. The van der Waals surface area contributed by atoms with Gasteiger partial charge in [-0.1, -0.05) is 69.9 Å². The third kappa shape index (κ3) is 7.57. The van der Waals surface area contributed by atoms with Crippen molar-refractivity contribution in [2.45, 2.75) is 65.5 Å². The molecule has 0 N–H and O–H groups in total. The first-order valence-corrected chi connectivity index (χ1v) is 11.6. The first kappa shape index (κ1) is 23.1. The molecule has 1 heterocycles. The molecule has 1 fully saturated rings. The van der Waals surface area contributed by atoms with Gasteiger partial charge in [0, 0.05) is 19.5 Å². The molecule has 31 heavy (non-hydrogen) atoms. The van der Waals surface area contributed by atoms with Gasteiger partial charge in [0.1, 0.15) is 5.76 Å². The van der Waals surface area contributed by atoms with Crippen LogP contribution in [0.4, 0.5) is 0 Å². The molecule has 1 aromatic carbocycles. The number of amides is 2. The summed E-state index contributed by atoms with van der Waals surface area (Å²) in [4.78, 5) is 29.9. The summed E-state index contributed by atoms with van der Waals surface area (Å²) in [5.41, 5.74) is 1.06.